The van der Waals surface area contributed by atoms with Gasteiger partial charge in [-0.25, -0.2) is 4.79 Å². The van der Waals surface area contributed by atoms with Crippen LogP contribution in [0, 0.1) is 11.3 Å². The largest absolute Gasteiger partial charge is 0.450 e. The molecular formula is C31H43NO5. The number of esters is 1. The fourth-order valence-corrected chi connectivity index (χ4v) is 8.21. The van der Waals surface area contributed by atoms with Gasteiger partial charge in [-0.15, -0.1) is 0 Å². The second-order valence-electron chi connectivity index (χ2n) is 12.3. The van der Waals surface area contributed by atoms with Gasteiger partial charge in [-0.3, -0.25) is 4.99 Å². The Hall–Kier alpha value is -1.76. The summed E-state index contributed by atoms with van der Waals surface area (Å²) in [5.41, 5.74) is 5.83. The summed E-state index contributed by atoms with van der Waals surface area (Å²) < 4.78 is 18.7. The molecule has 0 saturated carbocycles. The predicted molar refractivity (Wildman–Crippen MR) is 142 cm³/mol. The van der Waals surface area contributed by atoms with Gasteiger partial charge in [0, 0.05) is 23.2 Å². The number of fused-ring (bicyclic) bond motifs is 5. The summed E-state index contributed by atoms with van der Waals surface area (Å²) in [6, 6.07) is 0. The van der Waals surface area contributed by atoms with Gasteiger partial charge in [-0.2, -0.15) is 0 Å². The van der Waals surface area contributed by atoms with Crippen molar-refractivity contribution in [2.45, 2.75) is 128 Å². The lowest BCUT2D eigenvalue weighted by molar-refractivity contribution is -0.138. The number of aliphatic hydroxyl groups is 1. The SMILES string of the molecule is CC1=C[C@@H](C2=C(C)[C@@H]3C[C@H](O)[C@@H]4CC[C@@H](O4)[C@H]4CC[C@H](O4)/C(C)=C/CCC4=NCCC[C@@]43CC2)OC1=O. The third kappa shape index (κ3) is 4.57. The normalized spacial score (nSPS) is 44.1. The number of nitrogens with zero attached hydrogens (tertiary/aromatic N) is 1. The summed E-state index contributed by atoms with van der Waals surface area (Å²) in [6.45, 7) is 7.17. The summed E-state index contributed by atoms with van der Waals surface area (Å²) in [4.78, 5) is 17.4. The fourth-order valence-electron chi connectivity index (χ4n) is 8.21. The van der Waals surface area contributed by atoms with Crippen molar-refractivity contribution in [3.63, 3.8) is 0 Å². The van der Waals surface area contributed by atoms with Crippen LogP contribution in [0.15, 0.2) is 39.4 Å². The lowest BCUT2D eigenvalue weighted by Crippen LogP contribution is -2.47. The summed E-state index contributed by atoms with van der Waals surface area (Å²) >= 11 is 0. The van der Waals surface area contributed by atoms with E-state index in [0.717, 1.165) is 70.8 Å². The van der Waals surface area contributed by atoms with Crippen LogP contribution in [0.3, 0.4) is 0 Å². The van der Waals surface area contributed by atoms with Crippen molar-refractivity contribution in [2.75, 3.05) is 6.54 Å². The first-order valence-electron chi connectivity index (χ1n) is 14.6. The molecule has 202 valence electrons. The van der Waals surface area contributed by atoms with Crippen molar-refractivity contribution in [1.29, 1.82) is 0 Å². The van der Waals surface area contributed by atoms with Gasteiger partial charge in [0.05, 0.1) is 30.5 Å². The fraction of sp³-hybridized carbons (Fsp3) is 0.742. The number of rotatable bonds is 1. The van der Waals surface area contributed by atoms with Crippen LogP contribution in [0.25, 0.3) is 0 Å². The van der Waals surface area contributed by atoms with Crippen LogP contribution in [-0.2, 0) is 19.0 Å². The molecule has 0 unspecified atom stereocenters. The van der Waals surface area contributed by atoms with E-state index in [-0.39, 0.29) is 47.8 Å². The Balaban J connectivity index is 1.37. The van der Waals surface area contributed by atoms with Crippen molar-refractivity contribution < 1.29 is 24.1 Å². The minimum absolute atomic E-state index is 0.0381. The van der Waals surface area contributed by atoms with Gasteiger partial charge in [0.25, 0.3) is 0 Å². The third-order valence-electron chi connectivity index (χ3n) is 10.3. The zero-order chi connectivity index (χ0) is 25.7. The van der Waals surface area contributed by atoms with Gasteiger partial charge < -0.3 is 19.3 Å². The van der Waals surface area contributed by atoms with Crippen molar-refractivity contribution >= 4 is 11.7 Å². The van der Waals surface area contributed by atoms with E-state index in [9.17, 15) is 9.90 Å². The molecule has 0 radical (unpaired) electrons. The summed E-state index contributed by atoms with van der Waals surface area (Å²) in [7, 11) is 0. The molecule has 6 aliphatic rings. The molecule has 5 heterocycles. The second-order valence-corrected chi connectivity index (χ2v) is 12.3. The molecule has 1 aliphatic carbocycles. The molecular weight excluding hydrogens is 466 g/mol. The standard InChI is InChI=1S/C31H43NO5/c1-18-6-4-7-29-31(13-5-15-32-29)14-12-21(28-16-19(2)30(34)37-28)20(3)22(31)17-23(33)25-9-11-27(36-25)26-10-8-24(18)35-26/h6,16,22-28,33H,4-5,7-15,17H2,1-3H3/b18-6+/t22-,23-,24-,25-,26+,27+,28-,31-/m0/s1. The highest BCUT2D eigenvalue weighted by Crippen LogP contribution is 2.54. The minimum Gasteiger partial charge on any atom is -0.450 e. The monoisotopic (exact) mass is 509 g/mol. The van der Waals surface area contributed by atoms with Gasteiger partial charge in [0.1, 0.15) is 6.10 Å². The highest BCUT2D eigenvalue weighted by Gasteiger charge is 2.50. The number of cyclic esters (lactones) is 1. The average Bonchev–Trinajstić information content (AvgIpc) is 3.63. The maximum absolute atomic E-state index is 12.2. The first-order valence-corrected chi connectivity index (χ1v) is 14.6. The van der Waals surface area contributed by atoms with Crippen LogP contribution in [0.2, 0.25) is 0 Å². The Morgan fingerprint density at radius 2 is 1.78 bits per heavy atom. The first kappa shape index (κ1) is 25.5. The molecule has 2 saturated heterocycles. The maximum atomic E-state index is 12.2. The minimum atomic E-state index is -0.532. The van der Waals surface area contributed by atoms with E-state index in [1.165, 1.54) is 22.4 Å². The number of carbonyl (C=O) groups excluding carboxylic acids is 1. The molecule has 8 atom stereocenters. The van der Waals surface area contributed by atoms with Crippen LogP contribution < -0.4 is 0 Å². The molecule has 0 aromatic rings. The van der Waals surface area contributed by atoms with Crippen LogP contribution in [-0.4, -0.2) is 60.0 Å². The van der Waals surface area contributed by atoms with E-state index in [0.29, 0.717) is 12.0 Å². The molecule has 37 heavy (non-hydrogen) atoms. The van der Waals surface area contributed by atoms with E-state index < -0.39 is 6.10 Å². The van der Waals surface area contributed by atoms with Gasteiger partial charge in [0.2, 0.25) is 0 Å². The molecule has 1 N–H and O–H groups in total. The second kappa shape index (κ2) is 10.1. The number of hydrogen-bond donors (Lipinski definition) is 1. The lowest BCUT2D eigenvalue weighted by Gasteiger charge is -2.49. The zero-order valence-electron chi connectivity index (χ0n) is 22.7. The predicted octanol–water partition coefficient (Wildman–Crippen LogP) is 5.39. The molecule has 6 nitrogen and oxygen atoms in total. The van der Waals surface area contributed by atoms with Crippen molar-refractivity contribution in [1.82, 2.24) is 0 Å². The van der Waals surface area contributed by atoms with Crippen molar-refractivity contribution in [2.24, 2.45) is 16.3 Å². The molecule has 4 bridgehead atoms. The number of ether oxygens (including phenoxy) is 3. The van der Waals surface area contributed by atoms with Gasteiger partial charge in [-0.05, 0) is 115 Å². The number of carbonyl (C=O) groups is 1. The molecule has 1 spiro atoms. The molecule has 6 heteroatoms. The maximum Gasteiger partial charge on any atom is 0.334 e. The number of aliphatic hydroxyl groups excluding tert-OH is 1. The summed E-state index contributed by atoms with van der Waals surface area (Å²) in [5, 5.41) is 11.6. The highest BCUT2D eigenvalue weighted by atomic mass is 16.6. The van der Waals surface area contributed by atoms with Crippen LogP contribution in [0.5, 0.6) is 0 Å². The molecule has 0 aromatic carbocycles. The molecule has 2 fully saturated rings. The van der Waals surface area contributed by atoms with Crippen LogP contribution >= 0.6 is 0 Å². The quantitative estimate of drug-likeness (QED) is 0.379. The molecule has 0 amide bonds. The summed E-state index contributed by atoms with van der Waals surface area (Å²) in [5.74, 6) is -0.0412. The smallest absolute Gasteiger partial charge is 0.334 e. The first-order chi connectivity index (χ1) is 17.9. The Bertz CT molecular complexity index is 1060. The average molecular weight is 510 g/mol. The Morgan fingerprint density at radius 1 is 1.00 bits per heavy atom. The lowest BCUT2D eigenvalue weighted by atomic mass is 9.56. The highest BCUT2D eigenvalue weighted by molar-refractivity contribution is 5.92. The third-order valence-corrected chi connectivity index (χ3v) is 10.3. The van der Waals surface area contributed by atoms with E-state index in [2.05, 4.69) is 19.9 Å². The van der Waals surface area contributed by atoms with E-state index >= 15 is 0 Å². The van der Waals surface area contributed by atoms with E-state index in [4.69, 9.17) is 19.2 Å². The van der Waals surface area contributed by atoms with Gasteiger partial charge in [0.15, 0.2) is 0 Å². The number of allylic oxidation sites excluding steroid dienone is 2. The number of aliphatic imine (C=N–C) groups is 1. The zero-order valence-corrected chi connectivity index (χ0v) is 22.7. The van der Waals surface area contributed by atoms with Crippen molar-refractivity contribution in [3.05, 3.63) is 34.4 Å². The molecule has 0 aromatic heterocycles. The Morgan fingerprint density at radius 3 is 2.59 bits per heavy atom. The van der Waals surface area contributed by atoms with Crippen LogP contribution in [0.1, 0.15) is 91.4 Å². The van der Waals surface area contributed by atoms with Gasteiger partial charge in [-0.1, -0.05) is 11.6 Å². The summed E-state index contributed by atoms with van der Waals surface area (Å²) in [6.07, 6.45) is 14.4. The molecule has 6 rings (SSSR count). The van der Waals surface area contributed by atoms with Crippen molar-refractivity contribution in [3.8, 4) is 0 Å². The van der Waals surface area contributed by atoms with Gasteiger partial charge >= 0.3 is 5.97 Å². The topological polar surface area (TPSA) is 77.3 Å². The van der Waals surface area contributed by atoms with E-state index in [1.807, 2.05) is 13.0 Å². The Kier molecular flexibility index (Phi) is 6.96. The molecule has 5 aliphatic heterocycles. The number of hydrogen-bond acceptors (Lipinski definition) is 6. The van der Waals surface area contributed by atoms with E-state index in [1.54, 1.807) is 0 Å². The van der Waals surface area contributed by atoms with Crippen LogP contribution in [0.4, 0.5) is 0 Å². The Labute approximate surface area is 221 Å².